The lowest BCUT2D eigenvalue weighted by Gasteiger charge is -2.78. The maximum atomic E-state index is 14.2. The highest BCUT2D eigenvalue weighted by molar-refractivity contribution is 6.52. The van der Waals surface area contributed by atoms with Gasteiger partial charge in [-0.1, -0.05) is 74.9 Å². The number of nitrogens with zero attached hydrogens (tertiary/aromatic N) is 3. The Hall–Kier alpha value is -5.67. The number of benzene rings is 3. The SMILES string of the molecule is COC(=O)C12O[B-]([C@H](CC(C)C)NC(=O)[C@H](Cc3ccccc3)NC(=O)c3cnccn3)[N+]1(CCCCNC(=O)[C@@H](C)c1ccc3cc(OC)ccc3c1)CC2=O. The summed E-state index contributed by atoms with van der Waals surface area (Å²) >= 11 is 0. The molecule has 0 spiro atoms. The van der Waals surface area contributed by atoms with Crippen LogP contribution in [-0.4, -0.2) is 102 Å². The highest BCUT2D eigenvalue weighted by Crippen LogP contribution is 2.51. The molecule has 57 heavy (non-hydrogen) atoms. The summed E-state index contributed by atoms with van der Waals surface area (Å²) in [6, 6.07) is 20.1. The Bertz CT molecular complexity index is 2110. The van der Waals surface area contributed by atoms with Crippen molar-refractivity contribution < 1.29 is 42.5 Å². The van der Waals surface area contributed by atoms with Gasteiger partial charge in [-0.2, -0.15) is 0 Å². The van der Waals surface area contributed by atoms with Gasteiger partial charge in [0, 0.05) is 31.9 Å². The zero-order chi connectivity index (χ0) is 40.7. The average Bonchev–Trinajstić information content (AvgIpc) is 3.22. The maximum Gasteiger partial charge on any atom is 0.398 e. The zero-order valence-electron chi connectivity index (χ0n) is 33.0. The number of ketones is 1. The van der Waals surface area contributed by atoms with E-state index < -0.39 is 42.5 Å². The Morgan fingerprint density at radius 2 is 1.68 bits per heavy atom. The van der Waals surface area contributed by atoms with E-state index in [2.05, 4.69) is 25.9 Å². The largest absolute Gasteiger partial charge is 0.497 e. The van der Waals surface area contributed by atoms with Crippen LogP contribution in [0.5, 0.6) is 5.75 Å². The van der Waals surface area contributed by atoms with Crippen molar-refractivity contribution in [1.29, 1.82) is 0 Å². The van der Waals surface area contributed by atoms with Crippen molar-refractivity contribution in [3.63, 3.8) is 0 Å². The van der Waals surface area contributed by atoms with Gasteiger partial charge in [-0.25, -0.2) is 9.78 Å². The van der Waals surface area contributed by atoms with Crippen LogP contribution >= 0.6 is 0 Å². The lowest BCUT2D eigenvalue weighted by molar-refractivity contribution is -0.954. The molecule has 5 atom stereocenters. The van der Waals surface area contributed by atoms with Gasteiger partial charge >= 0.3 is 13.0 Å². The Morgan fingerprint density at radius 1 is 0.930 bits per heavy atom. The Kier molecular flexibility index (Phi) is 12.7. The van der Waals surface area contributed by atoms with E-state index in [0.717, 1.165) is 27.6 Å². The summed E-state index contributed by atoms with van der Waals surface area (Å²) in [7, 11) is 2.10. The van der Waals surface area contributed by atoms with Crippen LogP contribution in [-0.2, 0) is 35.0 Å². The zero-order valence-corrected chi connectivity index (χ0v) is 33.0. The number of esters is 1. The minimum atomic E-state index is -1.82. The molecule has 2 saturated heterocycles. The number of hydrogen-bond acceptors (Lipinski definition) is 10. The first-order valence-electron chi connectivity index (χ1n) is 19.4. The molecule has 1 aromatic heterocycles. The Balaban J connectivity index is 1.14. The van der Waals surface area contributed by atoms with Gasteiger partial charge in [0.15, 0.2) is 0 Å². The molecule has 0 saturated carbocycles. The number of nitrogens with one attached hydrogen (secondary N) is 3. The molecule has 3 amide bonds. The lowest BCUT2D eigenvalue weighted by Crippen LogP contribution is -3.00. The first kappa shape index (κ1) is 41.0. The molecule has 2 aliphatic heterocycles. The normalized spacial score (nSPS) is 20.3. The second kappa shape index (κ2) is 17.6. The van der Waals surface area contributed by atoms with Gasteiger partial charge in [0.2, 0.25) is 11.8 Å². The summed E-state index contributed by atoms with van der Waals surface area (Å²) in [5.41, 5.74) is -0.0279. The molecular weight excluding hydrogens is 727 g/mol. The third-order valence-corrected chi connectivity index (χ3v) is 11.0. The number of fused-ring (bicyclic) bond motifs is 2. The van der Waals surface area contributed by atoms with Crippen molar-refractivity contribution in [3.8, 4) is 5.75 Å². The summed E-state index contributed by atoms with van der Waals surface area (Å²) in [6.45, 7) is 6.66. The molecule has 3 heterocycles. The molecule has 0 aliphatic carbocycles. The van der Waals surface area contributed by atoms with Gasteiger partial charge in [0.25, 0.3) is 17.4 Å². The molecule has 3 aromatic carbocycles. The smallest absolute Gasteiger partial charge is 0.398 e. The van der Waals surface area contributed by atoms with E-state index in [4.69, 9.17) is 14.1 Å². The minimum Gasteiger partial charge on any atom is -0.497 e. The average molecular weight is 778 g/mol. The van der Waals surface area contributed by atoms with E-state index >= 15 is 0 Å². The number of methoxy groups -OCH3 is 2. The lowest BCUT2D eigenvalue weighted by atomic mass is 9.53. The van der Waals surface area contributed by atoms with Crippen LogP contribution in [0.25, 0.3) is 10.8 Å². The molecule has 6 rings (SSSR count). The fourth-order valence-corrected chi connectivity index (χ4v) is 7.99. The molecule has 2 aliphatic rings. The van der Waals surface area contributed by atoms with Gasteiger partial charge in [0.05, 0.1) is 26.3 Å². The van der Waals surface area contributed by atoms with Gasteiger partial charge < -0.3 is 34.5 Å². The van der Waals surface area contributed by atoms with Crippen LogP contribution in [0.2, 0.25) is 0 Å². The van der Waals surface area contributed by atoms with Gasteiger partial charge in [-0.3, -0.25) is 24.2 Å². The number of Topliss-reactive ketones (excluding diaryl/α,β-unsaturated/α-hetero) is 1. The van der Waals surface area contributed by atoms with Crippen molar-refractivity contribution in [3.05, 3.63) is 102 Å². The maximum absolute atomic E-state index is 14.2. The number of aromatic nitrogens is 2. The molecule has 0 bridgehead atoms. The minimum absolute atomic E-state index is 0.0261. The van der Waals surface area contributed by atoms with E-state index in [0.29, 0.717) is 32.4 Å². The molecule has 299 valence electrons. The van der Waals surface area contributed by atoms with Crippen molar-refractivity contribution in [2.24, 2.45) is 5.92 Å². The van der Waals surface area contributed by atoms with Crippen LogP contribution in [0.4, 0.5) is 0 Å². The van der Waals surface area contributed by atoms with E-state index in [1.807, 2.05) is 87.5 Å². The number of carbonyl (C=O) groups is 5. The number of hydrogen-bond donors (Lipinski definition) is 3. The number of unbranched alkanes of at least 4 members (excludes halogenated alkanes) is 1. The Morgan fingerprint density at radius 3 is 2.37 bits per heavy atom. The van der Waals surface area contributed by atoms with E-state index in [1.54, 1.807) is 7.11 Å². The number of ether oxygens (including phenoxy) is 2. The molecule has 2 fully saturated rings. The van der Waals surface area contributed by atoms with Gasteiger partial charge in [-0.05, 0) is 65.7 Å². The number of rotatable bonds is 18. The van der Waals surface area contributed by atoms with Crippen LogP contribution < -0.4 is 20.7 Å². The summed E-state index contributed by atoms with van der Waals surface area (Å²) in [4.78, 5) is 75.2. The van der Waals surface area contributed by atoms with Crippen molar-refractivity contribution in [2.75, 3.05) is 33.9 Å². The molecule has 2 unspecified atom stereocenters. The third-order valence-electron chi connectivity index (χ3n) is 11.0. The van der Waals surface area contributed by atoms with E-state index in [-0.39, 0.29) is 46.6 Å². The first-order valence-corrected chi connectivity index (χ1v) is 19.4. The third kappa shape index (κ3) is 8.40. The highest BCUT2D eigenvalue weighted by Gasteiger charge is 2.79. The highest BCUT2D eigenvalue weighted by atomic mass is 16.6. The van der Waals surface area contributed by atoms with Crippen LogP contribution in [0.3, 0.4) is 0 Å². The molecule has 3 N–H and O–H groups in total. The summed E-state index contributed by atoms with van der Waals surface area (Å²) in [5.74, 6) is -2.43. The molecule has 4 aromatic rings. The second-order valence-electron chi connectivity index (χ2n) is 15.2. The van der Waals surface area contributed by atoms with Crippen LogP contribution in [0.1, 0.15) is 67.6 Å². The summed E-state index contributed by atoms with van der Waals surface area (Å²) in [6.07, 6.45) is 5.96. The summed E-state index contributed by atoms with van der Waals surface area (Å²) in [5, 5.41) is 11.0. The number of amides is 3. The van der Waals surface area contributed by atoms with Crippen molar-refractivity contribution in [2.45, 2.75) is 70.1 Å². The van der Waals surface area contributed by atoms with Gasteiger partial charge in [-0.15, -0.1) is 0 Å². The van der Waals surface area contributed by atoms with Crippen molar-refractivity contribution >= 4 is 47.3 Å². The standard InChI is InChI=1S/C42H49BN6O8/c1-27(2)21-37(48-39(52)34(22-29-11-7-6-8-12-29)47-40(53)35-25-44-18-19-45-35)43-49(26-36(50)42(49,57-43)41(54)56-5)20-10-9-17-46-38(51)28(3)30-13-14-32-24-33(55-4)16-15-31(32)23-30/h6-8,11-16,18-19,23-25,27-28,34,37H,9-10,17,20-22,26H2,1-5H3,(H2-,46,47,48,51,52,53)/q-1/p+1/t28-,34-,37-,42?,49?/m0/s1. The fourth-order valence-electron chi connectivity index (χ4n) is 7.99. The molecule has 14 nitrogen and oxygen atoms in total. The monoisotopic (exact) mass is 777 g/mol. The quantitative estimate of drug-likeness (QED) is 0.0587. The predicted molar refractivity (Wildman–Crippen MR) is 213 cm³/mol. The topological polar surface area (TPSA) is 175 Å². The van der Waals surface area contributed by atoms with Crippen molar-refractivity contribution in [1.82, 2.24) is 25.9 Å². The van der Waals surface area contributed by atoms with Crippen LogP contribution in [0, 0.1) is 5.92 Å². The van der Waals surface area contributed by atoms with Gasteiger partial charge in [0.1, 0.15) is 24.0 Å². The Labute approximate surface area is 332 Å². The predicted octanol–water partition coefficient (Wildman–Crippen LogP) is 3.54. The van der Waals surface area contributed by atoms with Crippen LogP contribution in [0.15, 0.2) is 85.3 Å². The molecular formula is C42H50BN6O8. The molecule has 1 radical (unpaired) electrons. The van der Waals surface area contributed by atoms with E-state index in [1.165, 1.54) is 25.7 Å². The second-order valence-corrected chi connectivity index (χ2v) is 15.2. The first-order chi connectivity index (χ1) is 27.4. The number of carbonyl (C=O) groups excluding carboxylic acids is 5. The van der Waals surface area contributed by atoms with E-state index in [9.17, 15) is 24.0 Å². The number of quaternary nitrogens is 1. The molecule has 15 heteroatoms. The fraction of sp³-hybridized carbons (Fsp3) is 0.405. The summed E-state index contributed by atoms with van der Waals surface area (Å²) < 4.78 is 16.7.